The lowest BCUT2D eigenvalue weighted by molar-refractivity contribution is 0.279. The van der Waals surface area contributed by atoms with Gasteiger partial charge in [0.05, 0.1) is 23.8 Å². The number of fused-ring (bicyclic) bond motifs is 1. The first-order chi connectivity index (χ1) is 9.56. The van der Waals surface area contributed by atoms with Crippen LogP contribution in [0.1, 0.15) is 5.69 Å². The second kappa shape index (κ2) is 4.46. The third kappa shape index (κ3) is 1.94. The van der Waals surface area contributed by atoms with Crippen LogP contribution in [0.15, 0.2) is 30.6 Å². The molecule has 20 heavy (non-hydrogen) atoms. The molecule has 0 aliphatic heterocycles. The maximum Gasteiger partial charge on any atom is 0.153 e. The van der Waals surface area contributed by atoms with E-state index in [0.29, 0.717) is 11.5 Å². The lowest BCUT2D eigenvalue weighted by Crippen LogP contribution is -2.08. The number of nitrogen functional groups attached to an aromatic ring is 1. The monoisotopic (exact) mass is 270 g/mol. The van der Waals surface area contributed by atoms with Crippen molar-refractivity contribution in [2.45, 2.75) is 6.92 Å². The van der Waals surface area contributed by atoms with Crippen molar-refractivity contribution < 1.29 is 5.21 Å². The van der Waals surface area contributed by atoms with Crippen molar-refractivity contribution in [1.82, 2.24) is 20.0 Å². The van der Waals surface area contributed by atoms with Crippen LogP contribution in [-0.2, 0) is 0 Å². The first kappa shape index (κ1) is 12.4. The normalized spacial score (nSPS) is 10.9. The van der Waals surface area contributed by atoms with Crippen LogP contribution >= 0.6 is 0 Å². The number of hydrogen-bond donors (Lipinski definition) is 2. The molecule has 2 aromatic heterocycles. The van der Waals surface area contributed by atoms with Crippen LogP contribution in [0.2, 0.25) is 0 Å². The SMILES string of the molecule is Cc1nnc(N)c2ccc(-n3cc(N(C)O)cn3)cc12. The Balaban J connectivity index is 2.15. The summed E-state index contributed by atoms with van der Waals surface area (Å²) in [6.07, 6.45) is 3.31. The van der Waals surface area contributed by atoms with E-state index in [4.69, 9.17) is 5.73 Å². The number of benzene rings is 1. The van der Waals surface area contributed by atoms with E-state index >= 15 is 0 Å². The van der Waals surface area contributed by atoms with Gasteiger partial charge in [-0.15, -0.1) is 5.10 Å². The lowest BCUT2D eigenvalue weighted by atomic mass is 10.1. The summed E-state index contributed by atoms with van der Waals surface area (Å²) in [5, 5.41) is 24.3. The molecule has 7 heteroatoms. The average molecular weight is 270 g/mol. The molecule has 0 radical (unpaired) electrons. The van der Waals surface area contributed by atoms with E-state index in [9.17, 15) is 5.21 Å². The van der Waals surface area contributed by atoms with Crippen molar-refractivity contribution in [1.29, 1.82) is 0 Å². The van der Waals surface area contributed by atoms with Gasteiger partial charge in [-0.2, -0.15) is 10.2 Å². The van der Waals surface area contributed by atoms with Gasteiger partial charge in [-0.3, -0.25) is 10.3 Å². The second-order valence-electron chi connectivity index (χ2n) is 4.57. The van der Waals surface area contributed by atoms with Gasteiger partial charge >= 0.3 is 0 Å². The van der Waals surface area contributed by atoms with E-state index in [2.05, 4.69) is 15.3 Å². The zero-order valence-corrected chi connectivity index (χ0v) is 11.1. The maximum atomic E-state index is 9.38. The summed E-state index contributed by atoms with van der Waals surface area (Å²) < 4.78 is 1.68. The van der Waals surface area contributed by atoms with Gasteiger partial charge in [-0.05, 0) is 25.1 Å². The van der Waals surface area contributed by atoms with Crippen LogP contribution in [0.5, 0.6) is 0 Å². The maximum absolute atomic E-state index is 9.38. The highest BCUT2D eigenvalue weighted by atomic mass is 16.5. The topological polar surface area (TPSA) is 93.1 Å². The Labute approximate surface area is 115 Å². The number of aromatic nitrogens is 4. The Bertz CT molecular complexity index is 780. The van der Waals surface area contributed by atoms with Gasteiger partial charge < -0.3 is 5.73 Å². The van der Waals surface area contributed by atoms with Gasteiger partial charge in [0.25, 0.3) is 0 Å². The number of hydroxylamine groups is 1. The number of anilines is 2. The van der Waals surface area contributed by atoms with Crippen molar-refractivity contribution in [3.63, 3.8) is 0 Å². The second-order valence-corrected chi connectivity index (χ2v) is 4.57. The fraction of sp³-hybridized carbons (Fsp3) is 0.154. The van der Waals surface area contributed by atoms with Crippen molar-refractivity contribution in [2.75, 3.05) is 17.8 Å². The minimum atomic E-state index is 0.411. The third-order valence-corrected chi connectivity index (χ3v) is 3.18. The number of rotatable bonds is 2. The van der Waals surface area contributed by atoms with E-state index < -0.39 is 0 Å². The summed E-state index contributed by atoms with van der Waals surface area (Å²) in [6, 6.07) is 5.74. The fourth-order valence-electron chi connectivity index (χ4n) is 2.06. The molecule has 1 aromatic carbocycles. The fourth-order valence-corrected chi connectivity index (χ4v) is 2.06. The van der Waals surface area contributed by atoms with Crippen LogP contribution in [0.4, 0.5) is 11.5 Å². The molecular weight excluding hydrogens is 256 g/mol. The van der Waals surface area contributed by atoms with E-state index in [1.165, 1.54) is 0 Å². The van der Waals surface area contributed by atoms with Gasteiger partial charge in [0, 0.05) is 17.8 Å². The Morgan fingerprint density at radius 3 is 2.75 bits per heavy atom. The molecular formula is C13H14N6O. The van der Waals surface area contributed by atoms with Crippen LogP contribution in [0.3, 0.4) is 0 Å². The zero-order chi connectivity index (χ0) is 14.3. The highest BCUT2D eigenvalue weighted by Crippen LogP contribution is 2.24. The Hall–Kier alpha value is -2.67. The summed E-state index contributed by atoms with van der Waals surface area (Å²) in [6.45, 7) is 1.88. The van der Waals surface area contributed by atoms with Gasteiger partial charge in [0.1, 0.15) is 5.69 Å². The molecule has 0 aliphatic rings. The first-order valence-corrected chi connectivity index (χ1v) is 6.06. The first-order valence-electron chi connectivity index (χ1n) is 6.06. The molecule has 0 amide bonds. The van der Waals surface area contributed by atoms with Crippen molar-refractivity contribution in [3.8, 4) is 5.69 Å². The highest BCUT2D eigenvalue weighted by molar-refractivity contribution is 5.93. The van der Waals surface area contributed by atoms with Crippen molar-refractivity contribution >= 4 is 22.3 Å². The number of hydrogen-bond acceptors (Lipinski definition) is 6. The summed E-state index contributed by atoms with van der Waals surface area (Å²) in [4.78, 5) is 0. The zero-order valence-electron chi connectivity index (χ0n) is 11.1. The summed E-state index contributed by atoms with van der Waals surface area (Å²) in [7, 11) is 1.54. The molecule has 3 rings (SSSR count). The standard InChI is InChI=1S/C13H14N6O/c1-8-12-5-9(3-4-11(12)13(14)17-16-8)19-7-10(6-15-19)18(2)20/h3-7,20H,1-2H3,(H2,14,17). The summed E-state index contributed by atoms with van der Waals surface area (Å²) in [5.41, 5.74) is 8.10. The van der Waals surface area contributed by atoms with Gasteiger partial charge in [0.2, 0.25) is 0 Å². The van der Waals surface area contributed by atoms with Gasteiger partial charge in [-0.1, -0.05) is 0 Å². The Morgan fingerprint density at radius 2 is 2.05 bits per heavy atom. The molecule has 0 saturated carbocycles. The number of aryl methyl sites for hydroxylation is 1. The van der Waals surface area contributed by atoms with E-state index in [1.807, 2.05) is 25.1 Å². The average Bonchev–Trinajstić information content (AvgIpc) is 2.93. The molecule has 102 valence electrons. The number of nitrogens with two attached hydrogens (primary N) is 1. The quantitative estimate of drug-likeness (QED) is 0.686. The van der Waals surface area contributed by atoms with E-state index in [1.54, 1.807) is 24.1 Å². The van der Waals surface area contributed by atoms with Crippen molar-refractivity contribution in [2.24, 2.45) is 0 Å². The molecule has 0 saturated heterocycles. The molecule has 0 aliphatic carbocycles. The van der Waals surface area contributed by atoms with E-state index in [0.717, 1.165) is 27.2 Å². The minimum absolute atomic E-state index is 0.411. The summed E-state index contributed by atoms with van der Waals surface area (Å²) >= 11 is 0. The predicted octanol–water partition coefficient (Wildman–Crippen LogP) is 1.53. The largest absolute Gasteiger partial charge is 0.382 e. The Kier molecular flexibility index (Phi) is 2.76. The van der Waals surface area contributed by atoms with Gasteiger partial charge in [-0.25, -0.2) is 4.68 Å². The molecule has 0 fully saturated rings. The molecule has 0 atom stereocenters. The van der Waals surface area contributed by atoms with Crippen molar-refractivity contribution in [3.05, 3.63) is 36.3 Å². The lowest BCUT2D eigenvalue weighted by Gasteiger charge is -2.07. The predicted molar refractivity (Wildman–Crippen MR) is 76.0 cm³/mol. The molecule has 3 aromatic rings. The van der Waals surface area contributed by atoms with Crippen LogP contribution in [0.25, 0.3) is 16.5 Å². The van der Waals surface area contributed by atoms with E-state index in [-0.39, 0.29) is 0 Å². The molecule has 0 spiro atoms. The highest BCUT2D eigenvalue weighted by Gasteiger charge is 2.08. The third-order valence-electron chi connectivity index (χ3n) is 3.18. The smallest absolute Gasteiger partial charge is 0.153 e. The minimum Gasteiger partial charge on any atom is -0.382 e. The molecule has 2 heterocycles. The summed E-state index contributed by atoms with van der Waals surface area (Å²) in [5.74, 6) is 0.411. The van der Waals surface area contributed by atoms with Gasteiger partial charge in [0.15, 0.2) is 5.82 Å². The van der Waals surface area contributed by atoms with Crippen LogP contribution in [-0.4, -0.2) is 32.2 Å². The van der Waals surface area contributed by atoms with Crippen LogP contribution < -0.4 is 10.8 Å². The molecule has 7 nitrogen and oxygen atoms in total. The number of nitrogens with zero attached hydrogens (tertiary/aromatic N) is 5. The molecule has 3 N–H and O–H groups in total. The molecule has 0 bridgehead atoms. The molecule has 0 unspecified atom stereocenters. The Morgan fingerprint density at radius 1 is 1.25 bits per heavy atom. The van der Waals surface area contributed by atoms with Crippen LogP contribution in [0, 0.1) is 6.92 Å².